The average molecular weight is 300 g/mol. The Hall–Kier alpha value is -2.47. The third-order valence-corrected chi connectivity index (χ3v) is 3.20. The fraction of sp³-hybridized carbons (Fsp3) is 0.312. The maximum absolute atomic E-state index is 12.1. The first-order valence-corrected chi connectivity index (χ1v) is 7.27. The third-order valence-electron chi connectivity index (χ3n) is 3.20. The van der Waals surface area contributed by atoms with Gasteiger partial charge in [0, 0.05) is 13.0 Å². The Morgan fingerprint density at radius 2 is 1.91 bits per heavy atom. The van der Waals surface area contributed by atoms with Gasteiger partial charge in [0.15, 0.2) is 0 Å². The summed E-state index contributed by atoms with van der Waals surface area (Å²) in [5, 5.41) is 14.7. The molecule has 0 bridgehead atoms. The van der Waals surface area contributed by atoms with Crippen LogP contribution in [0.5, 0.6) is 0 Å². The molecule has 6 heteroatoms. The number of carbonyl (C=O) groups is 1. The van der Waals surface area contributed by atoms with Crippen LogP contribution in [0.1, 0.15) is 30.8 Å². The topological polar surface area (TPSA) is 87.1 Å². The predicted molar refractivity (Wildman–Crippen MR) is 84.5 cm³/mol. The number of anilines is 1. The second kappa shape index (κ2) is 8.09. The lowest BCUT2D eigenvalue weighted by Crippen LogP contribution is -2.33. The van der Waals surface area contributed by atoms with Gasteiger partial charge in [0.05, 0.1) is 24.1 Å². The van der Waals surface area contributed by atoms with Crippen LogP contribution in [0.4, 0.5) is 10.5 Å². The van der Waals surface area contributed by atoms with Gasteiger partial charge in [-0.05, 0) is 12.0 Å². The molecule has 1 atom stereocenters. The number of aryl methyl sites for hydroxylation is 1. The fourth-order valence-corrected chi connectivity index (χ4v) is 2.06. The number of carbonyl (C=O) groups excluding carboxylic acids is 1. The third kappa shape index (κ3) is 4.53. The standard InChI is InChI=1S/C16H20N4O2/c1-2-15-17-10-13(11-18-15)19-16(22)20-14(8-9-21)12-6-4-3-5-7-12/h3-7,10-11,14,21H,2,8-9H2,1H3,(H2,19,20,22)/t14-/m1/s1. The lowest BCUT2D eigenvalue weighted by molar-refractivity contribution is 0.239. The Bertz CT molecular complexity index is 587. The van der Waals surface area contributed by atoms with Gasteiger partial charge in [-0.2, -0.15) is 0 Å². The molecule has 2 rings (SSSR count). The van der Waals surface area contributed by atoms with Gasteiger partial charge in [-0.3, -0.25) is 0 Å². The molecule has 0 unspecified atom stereocenters. The number of hydrogen-bond donors (Lipinski definition) is 3. The zero-order valence-corrected chi connectivity index (χ0v) is 12.5. The summed E-state index contributed by atoms with van der Waals surface area (Å²) in [5.41, 5.74) is 1.48. The molecule has 0 aliphatic heterocycles. The molecule has 0 saturated carbocycles. The molecular formula is C16H20N4O2. The molecule has 2 aromatic rings. The van der Waals surface area contributed by atoms with Gasteiger partial charge in [0.1, 0.15) is 5.82 Å². The first-order chi connectivity index (χ1) is 10.7. The molecule has 0 aliphatic carbocycles. The van der Waals surface area contributed by atoms with E-state index in [1.807, 2.05) is 37.3 Å². The summed E-state index contributed by atoms with van der Waals surface area (Å²) in [6.45, 7) is 1.96. The van der Waals surface area contributed by atoms with Crippen molar-refractivity contribution in [3.05, 3.63) is 54.1 Å². The van der Waals surface area contributed by atoms with Crippen molar-refractivity contribution in [3.63, 3.8) is 0 Å². The summed E-state index contributed by atoms with van der Waals surface area (Å²) in [7, 11) is 0. The van der Waals surface area contributed by atoms with Crippen molar-refractivity contribution < 1.29 is 9.90 Å². The minimum atomic E-state index is -0.352. The number of aliphatic hydroxyl groups excluding tert-OH is 1. The molecule has 0 aliphatic rings. The van der Waals surface area contributed by atoms with E-state index in [0.29, 0.717) is 12.1 Å². The highest BCUT2D eigenvalue weighted by atomic mass is 16.3. The van der Waals surface area contributed by atoms with E-state index in [-0.39, 0.29) is 18.7 Å². The van der Waals surface area contributed by atoms with Gasteiger partial charge in [0.2, 0.25) is 0 Å². The first-order valence-electron chi connectivity index (χ1n) is 7.27. The zero-order chi connectivity index (χ0) is 15.8. The van der Waals surface area contributed by atoms with E-state index in [9.17, 15) is 4.79 Å². The van der Waals surface area contributed by atoms with Crippen molar-refractivity contribution in [1.82, 2.24) is 15.3 Å². The van der Waals surface area contributed by atoms with Gasteiger partial charge in [-0.25, -0.2) is 14.8 Å². The number of aromatic nitrogens is 2. The van der Waals surface area contributed by atoms with E-state index >= 15 is 0 Å². The second-order valence-corrected chi connectivity index (χ2v) is 4.82. The maximum Gasteiger partial charge on any atom is 0.319 e. The van der Waals surface area contributed by atoms with Crippen LogP contribution in [0.15, 0.2) is 42.7 Å². The Kier molecular flexibility index (Phi) is 5.85. The van der Waals surface area contributed by atoms with Crippen LogP contribution in [0, 0.1) is 0 Å². The number of urea groups is 1. The molecule has 0 fully saturated rings. The molecule has 6 nitrogen and oxygen atoms in total. The molecule has 3 N–H and O–H groups in total. The molecule has 0 spiro atoms. The van der Waals surface area contributed by atoms with Gasteiger partial charge >= 0.3 is 6.03 Å². The molecule has 1 heterocycles. The SMILES string of the molecule is CCc1ncc(NC(=O)N[C@H](CCO)c2ccccc2)cn1. The van der Waals surface area contributed by atoms with Gasteiger partial charge in [-0.15, -0.1) is 0 Å². The van der Waals surface area contributed by atoms with E-state index in [1.165, 1.54) is 0 Å². The molecule has 1 aromatic carbocycles. The predicted octanol–water partition coefficient (Wildman–Crippen LogP) is 2.28. The molecule has 0 saturated heterocycles. The van der Waals surface area contributed by atoms with Crippen LogP contribution in [0.2, 0.25) is 0 Å². The van der Waals surface area contributed by atoms with Gasteiger partial charge < -0.3 is 15.7 Å². The van der Waals surface area contributed by atoms with Crippen molar-refractivity contribution in [2.24, 2.45) is 0 Å². The summed E-state index contributed by atoms with van der Waals surface area (Å²) < 4.78 is 0. The number of aliphatic hydroxyl groups is 1. The highest BCUT2D eigenvalue weighted by molar-refractivity contribution is 5.89. The second-order valence-electron chi connectivity index (χ2n) is 4.82. The summed E-state index contributed by atoms with van der Waals surface area (Å²) in [6.07, 6.45) is 4.35. The van der Waals surface area contributed by atoms with Crippen LogP contribution in [0.3, 0.4) is 0 Å². The number of nitrogens with zero attached hydrogens (tertiary/aromatic N) is 2. The Labute approximate surface area is 129 Å². The van der Waals surface area contributed by atoms with E-state index < -0.39 is 0 Å². The molecule has 1 aromatic heterocycles. The van der Waals surface area contributed by atoms with E-state index in [4.69, 9.17) is 5.11 Å². The van der Waals surface area contributed by atoms with E-state index in [0.717, 1.165) is 17.8 Å². The average Bonchev–Trinajstić information content (AvgIpc) is 2.56. The minimum Gasteiger partial charge on any atom is -0.396 e. The van der Waals surface area contributed by atoms with Crippen LogP contribution in [-0.2, 0) is 6.42 Å². The van der Waals surface area contributed by atoms with Crippen molar-refractivity contribution in [1.29, 1.82) is 0 Å². The molecule has 116 valence electrons. The molecular weight excluding hydrogens is 280 g/mol. The Morgan fingerprint density at radius 1 is 1.23 bits per heavy atom. The van der Waals surface area contributed by atoms with Gasteiger partial charge in [0.25, 0.3) is 0 Å². The largest absolute Gasteiger partial charge is 0.396 e. The molecule has 22 heavy (non-hydrogen) atoms. The molecule has 0 radical (unpaired) electrons. The lowest BCUT2D eigenvalue weighted by atomic mass is 10.0. The molecule has 2 amide bonds. The summed E-state index contributed by atoms with van der Waals surface area (Å²) >= 11 is 0. The summed E-state index contributed by atoms with van der Waals surface area (Å²) in [4.78, 5) is 20.3. The van der Waals surface area contributed by atoms with Crippen LogP contribution in [0.25, 0.3) is 0 Å². The monoisotopic (exact) mass is 300 g/mol. The smallest absolute Gasteiger partial charge is 0.319 e. The normalized spacial score (nSPS) is 11.7. The van der Waals surface area contributed by atoms with Crippen LogP contribution >= 0.6 is 0 Å². The summed E-state index contributed by atoms with van der Waals surface area (Å²) in [5.74, 6) is 0.730. The van der Waals surface area contributed by atoms with E-state index in [1.54, 1.807) is 12.4 Å². The number of hydrogen-bond acceptors (Lipinski definition) is 4. The van der Waals surface area contributed by atoms with Crippen molar-refractivity contribution in [3.8, 4) is 0 Å². The fourth-order valence-electron chi connectivity index (χ4n) is 2.06. The van der Waals surface area contributed by atoms with Crippen molar-refractivity contribution in [2.75, 3.05) is 11.9 Å². The number of rotatable bonds is 6. The van der Waals surface area contributed by atoms with Gasteiger partial charge in [-0.1, -0.05) is 37.3 Å². The number of amides is 2. The van der Waals surface area contributed by atoms with Crippen LogP contribution in [-0.4, -0.2) is 27.7 Å². The minimum absolute atomic E-state index is 0.00580. The van der Waals surface area contributed by atoms with E-state index in [2.05, 4.69) is 20.6 Å². The number of benzene rings is 1. The zero-order valence-electron chi connectivity index (χ0n) is 12.5. The van der Waals surface area contributed by atoms with Crippen LogP contribution < -0.4 is 10.6 Å². The number of nitrogens with one attached hydrogen (secondary N) is 2. The highest BCUT2D eigenvalue weighted by Crippen LogP contribution is 2.16. The Morgan fingerprint density at radius 3 is 2.50 bits per heavy atom. The highest BCUT2D eigenvalue weighted by Gasteiger charge is 2.14. The first kappa shape index (κ1) is 15.9. The Balaban J connectivity index is 1.98. The quantitative estimate of drug-likeness (QED) is 0.764. The van der Waals surface area contributed by atoms with Crippen molar-refractivity contribution >= 4 is 11.7 Å². The maximum atomic E-state index is 12.1. The lowest BCUT2D eigenvalue weighted by Gasteiger charge is -2.18. The van der Waals surface area contributed by atoms with Crippen molar-refractivity contribution in [2.45, 2.75) is 25.8 Å². The summed E-state index contributed by atoms with van der Waals surface area (Å²) in [6, 6.07) is 8.94.